The van der Waals surface area contributed by atoms with E-state index in [2.05, 4.69) is 22.4 Å². The maximum atomic E-state index is 10.6. The van der Waals surface area contributed by atoms with Crippen LogP contribution in [0.1, 0.15) is 21.5 Å². The van der Waals surface area contributed by atoms with Crippen LogP contribution in [0.15, 0.2) is 42.6 Å². The molecule has 0 amide bonds. The Morgan fingerprint density at radius 1 is 1.15 bits per heavy atom. The summed E-state index contributed by atoms with van der Waals surface area (Å²) in [5, 5.41) is 14.0. The standard InChI is InChI=1S/C15H14N2O2.K/c18-15(19)12-5-6-14(16-9-12)17-13-7-10-3-1-2-4-11(10)8-13;/h1-6,9,13H,7-8H2,(H,16,17)(H,18,19);/q;+1/p-1. The Balaban J connectivity index is 0.00000147. The zero-order valence-corrected chi connectivity index (χ0v) is 14.4. The van der Waals surface area contributed by atoms with Gasteiger partial charge in [-0.2, -0.15) is 0 Å². The molecule has 0 spiro atoms. The molecule has 0 aliphatic heterocycles. The number of anilines is 1. The second-order valence-electron chi connectivity index (χ2n) is 4.74. The molecule has 0 saturated heterocycles. The maximum absolute atomic E-state index is 10.6. The van der Waals surface area contributed by atoms with Gasteiger partial charge in [-0.3, -0.25) is 0 Å². The summed E-state index contributed by atoms with van der Waals surface area (Å²) in [6.45, 7) is 0. The SMILES string of the molecule is O=C([O-])c1ccc(NC2Cc3ccccc3C2)nc1.[K+]. The third-order valence-electron chi connectivity index (χ3n) is 3.40. The van der Waals surface area contributed by atoms with Crippen LogP contribution >= 0.6 is 0 Å². The number of carboxylic acids is 1. The molecule has 4 nitrogen and oxygen atoms in total. The van der Waals surface area contributed by atoms with E-state index in [0.717, 1.165) is 12.8 Å². The quantitative estimate of drug-likeness (QED) is 0.667. The first-order valence-electron chi connectivity index (χ1n) is 6.23. The Morgan fingerprint density at radius 3 is 2.30 bits per heavy atom. The van der Waals surface area contributed by atoms with Gasteiger partial charge in [0.05, 0.1) is 5.97 Å². The van der Waals surface area contributed by atoms with E-state index in [9.17, 15) is 9.90 Å². The number of carboxylic acid groups (broad SMARTS) is 1. The zero-order valence-electron chi connectivity index (χ0n) is 11.3. The molecule has 20 heavy (non-hydrogen) atoms. The van der Waals surface area contributed by atoms with Gasteiger partial charge < -0.3 is 15.2 Å². The number of hydrogen-bond acceptors (Lipinski definition) is 4. The van der Waals surface area contributed by atoms with Gasteiger partial charge in [0.25, 0.3) is 0 Å². The molecule has 5 heteroatoms. The number of pyridine rings is 1. The van der Waals surface area contributed by atoms with Gasteiger partial charge in [0.1, 0.15) is 5.82 Å². The molecule has 1 heterocycles. The minimum absolute atomic E-state index is 0. The van der Waals surface area contributed by atoms with Crippen LogP contribution in [0.4, 0.5) is 5.82 Å². The van der Waals surface area contributed by atoms with Crippen LogP contribution in [0.5, 0.6) is 0 Å². The first-order valence-corrected chi connectivity index (χ1v) is 6.23. The van der Waals surface area contributed by atoms with Crippen LogP contribution in [0.25, 0.3) is 0 Å². The minimum Gasteiger partial charge on any atom is -0.545 e. The fourth-order valence-electron chi connectivity index (χ4n) is 2.47. The maximum Gasteiger partial charge on any atom is 1.00 e. The number of aromatic nitrogens is 1. The van der Waals surface area contributed by atoms with Crippen LogP contribution < -0.4 is 61.8 Å². The summed E-state index contributed by atoms with van der Waals surface area (Å²) >= 11 is 0. The monoisotopic (exact) mass is 292 g/mol. The van der Waals surface area contributed by atoms with E-state index in [1.54, 1.807) is 6.07 Å². The third kappa shape index (κ3) is 3.48. The molecule has 0 fully saturated rings. The molecule has 0 radical (unpaired) electrons. The number of carbonyl (C=O) groups excluding carboxylic acids is 1. The van der Waals surface area contributed by atoms with Crippen molar-refractivity contribution in [3.8, 4) is 0 Å². The van der Waals surface area contributed by atoms with Crippen molar-refractivity contribution in [2.45, 2.75) is 18.9 Å². The number of hydrogen-bond donors (Lipinski definition) is 1. The smallest absolute Gasteiger partial charge is 0.545 e. The van der Waals surface area contributed by atoms with E-state index in [1.165, 1.54) is 23.4 Å². The molecule has 1 aromatic carbocycles. The Hall–Kier alpha value is -0.724. The summed E-state index contributed by atoms with van der Waals surface area (Å²) in [5.41, 5.74) is 2.83. The number of rotatable bonds is 3. The van der Waals surface area contributed by atoms with Crippen molar-refractivity contribution in [1.82, 2.24) is 4.98 Å². The van der Waals surface area contributed by atoms with E-state index < -0.39 is 5.97 Å². The predicted octanol–water partition coefficient (Wildman–Crippen LogP) is -1.97. The second-order valence-corrected chi connectivity index (χ2v) is 4.74. The molecule has 0 atom stereocenters. The van der Waals surface area contributed by atoms with Crippen molar-refractivity contribution in [3.63, 3.8) is 0 Å². The number of carbonyl (C=O) groups is 1. The Bertz CT molecular complexity index is 589. The average molecular weight is 292 g/mol. The fourth-order valence-corrected chi connectivity index (χ4v) is 2.47. The fraction of sp³-hybridized carbons (Fsp3) is 0.200. The minimum atomic E-state index is -1.20. The van der Waals surface area contributed by atoms with Gasteiger partial charge in [-0.25, -0.2) is 4.98 Å². The van der Waals surface area contributed by atoms with E-state index >= 15 is 0 Å². The van der Waals surface area contributed by atoms with Crippen LogP contribution in [-0.2, 0) is 12.8 Å². The molecular formula is C15H13KN2O2. The van der Waals surface area contributed by atoms with Gasteiger partial charge in [-0.1, -0.05) is 24.3 Å². The molecule has 0 bridgehead atoms. The summed E-state index contributed by atoms with van der Waals surface area (Å²) < 4.78 is 0. The molecule has 1 aliphatic carbocycles. The van der Waals surface area contributed by atoms with Crippen molar-refractivity contribution in [2.24, 2.45) is 0 Å². The van der Waals surface area contributed by atoms with E-state index in [4.69, 9.17) is 0 Å². The van der Waals surface area contributed by atoms with Crippen LogP contribution in [0.2, 0.25) is 0 Å². The molecule has 2 aromatic rings. The number of nitrogens with zero attached hydrogens (tertiary/aromatic N) is 1. The van der Waals surface area contributed by atoms with Crippen LogP contribution in [-0.4, -0.2) is 17.0 Å². The topological polar surface area (TPSA) is 65.0 Å². The van der Waals surface area contributed by atoms with Gasteiger partial charge in [0, 0.05) is 17.8 Å². The van der Waals surface area contributed by atoms with Gasteiger partial charge >= 0.3 is 51.4 Å². The molecule has 3 rings (SSSR count). The number of aromatic carboxylic acids is 1. The molecule has 1 aliphatic rings. The largest absolute Gasteiger partial charge is 1.00 e. The number of benzene rings is 1. The average Bonchev–Trinajstić information content (AvgIpc) is 2.81. The Morgan fingerprint density at radius 2 is 1.80 bits per heavy atom. The second kappa shape index (κ2) is 6.82. The summed E-state index contributed by atoms with van der Waals surface area (Å²) in [5.74, 6) is -0.505. The summed E-state index contributed by atoms with van der Waals surface area (Å²) in [7, 11) is 0. The van der Waals surface area contributed by atoms with E-state index in [1.807, 2.05) is 12.1 Å². The summed E-state index contributed by atoms with van der Waals surface area (Å²) in [4.78, 5) is 14.7. The molecule has 1 aromatic heterocycles. The first kappa shape index (κ1) is 15.7. The normalized spacial score (nSPS) is 13.4. The summed E-state index contributed by atoms with van der Waals surface area (Å²) in [6, 6.07) is 11.9. The molecule has 0 saturated carbocycles. The van der Waals surface area contributed by atoms with Crippen molar-refractivity contribution < 1.29 is 61.3 Å². The first-order chi connectivity index (χ1) is 9.22. The molecule has 96 valence electrons. The predicted molar refractivity (Wildman–Crippen MR) is 69.8 cm³/mol. The molecular weight excluding hydrogens is 279 g/mol. The third-order valence-corrected chi connectivity index (χ3v) is 3.40. The van der Waals surface area contributed by atoms with Gasteiger partial charge in [-0.05, 0) is 36.1 Å². The number of fused-ring (bicyclic) bond motifs is 1. The van der Waals surface area contributed by atoms with Crippen molar-refractivity contribution in [1.29, 1.82) is 0 Å². The van der Waals surface area contributed by atoms with E-state index in [-0.39, 0.29) is 56.9 Å². The molecule has 0 unspecified atom stereocenters. The van der Waals surface area contributed by atoms with Gasteiger partial charge in [-0.15, -0.1) is 0 Å². The molecule has 1 N–H and O–H groups in total. The Labute approximate surface area is 160 Å². The van der Waals surface area contributed by atoms with Crippen molar-refractivity contribution in [2.75, 3.05) is 5.32 Å². The number of nitrogens with one attached hydrogen (secondary N) is 1. The van der Waals surface area contributed by atoms with Crippen LogP contribution in [0, 0.1) is 0 Å². The van der Waals surface area contributed by atoms with Crippen molar-refractivity contribution >= 4 is 11.8 Å². The van der Waals surface area contributed by atoms with Crippen molar-refractivity contribution in [3.05, 3.63) is 59.3 Å². The summed E-state index contributed by atoms with van der Waals surface area (Å²) in [6.07, 6.45) is 3.26. The van der Waals surface area contributed by atoms with E-state index in [0.29, 0.717) is 11.9 Å². The van der Waals surface area contributed by atoms with Gasteiger partial charge in [0.15, 0.2) is 0 Å². The Kier molecular flexibility index (Phi) is 5.34. The van der Waals surface area contributed by atoms with Crippen LogP contribution in [0.3, 0.4) is 0 Å². The van der Waals surface area contributed by atoms with Gasteiger partial charge in [0.2, 0.25) is 0 Å². The zero-order chi connectivity index (χ0) is 13.2.